The molecule has 0 saturated heterocycles. The van der Waals surface area contributed by atoms with Crippen molar-refractivity contribution in [3.05, 3.63) is 51.1 Å². The number of oxime groups is 1. The third-order valence-electron chi connectivity index (χ3n) is 2.16. The first-order valence-electron chi connectivity index (χ1n) is 5.07. The van der Waals surface area contributed by atoms with Gasteiger partial charge in [-0.1, -0.05) is 40.0 Å². The predicted octanol–water partition coefficient (Wildman–Crippen LogP) is 4.64. The maximum absolute atomic E-state index is 8.40. The van der Waals surface area contributed by atoms with Crippen LogP contribution >= 0.6 is 34.8 Å². The molecule has 0 unspecified atom stereocenters. The largest absolute Gasteiger partial charge is 0.437 e. The van der Waals surface area contributed by atoms with Crippen LogP contribution in [0.3, 0.4) is 0 Å². The number of ether oxygens (including phenoxy) is 1. The normalized spacial score (nSPS) is 10.9. The van der Waals surface area contributed by atoms with E-state index in [4.69, 9.17) is 44.7 Å². The Balaban J connectivity index is 2.23. The molecule has 1 aromatic heterocycles. The van der Waals surface area contributed by atoms with Gasteiger partial charge in [-0.3, -0.25) is 0 Å². The van der Waals surface area contributed by atoms with Crippen LogP contribution in [-0.4, -0.2) is 16.4 Å². The van der Waals surface area contributed by atoms with Crippen LogP contribution in [0.2, 0.25) is 15.2 Å². The first kappa shape index (κ1) is 13.9. The average molecular weight is 318 g/mol. The second-order valence-electron chi connectivity index (χ2n) is 3.46. The van der Waals surface area contributed by atoms with Crippen LogP contribution < -0.4 is 4.74 Å². The van der Waals surface area contributed by atoms with E-state index in [0.717, 1.165) is 5.56 Å². The van der Waals surface area contributed by atoms with Gasteiger partial charge in [0.2, 0.25) is 5.88 Å². The highest BCUT2D eigenvalue weighted by atomic mass is 35.5. The van der Waals surface area contributed by atoms with E-state index in [2.05, 4.69) is 10.1 Å². The van der Waals surface area contributed by atoms with Gasteiger partial charge in [-0.15, -0.1) is 0 Å². The average Bonchev–Trinajstić information content (AvgIpc) is 2.38. The molecule has 2 aromatic rings. The molecule has 0 saturated carbocycles. The number of halogens is 3. The highest BCUT2D eigenvalue weighted by Gasteiger charge is 2.09. The predicted molar refractivity (Wildman–Crippen MR) is 75.2 cm³/mol. The lowest BCUT2D eigenvalue weighted by atomic mass is 10.2. The molecule has 1 N–H and O–H groups in total. The van der Waals surface area contributed by atoms with Crippen molar-refractivity contribution >= 4 is 41.0 Å². The maximum atomic E-state index is 8.40. The Labute approximate surface area is 124 Å². The third-order valence-corrected chi connectivity index (χ3v) is 3.10. The van der Waals surface area contributed by atoms with Gasteiger partial charge < -0.3 is 9.94 Å². The summed E-state index contributed by atoms with van der Waals surface area (Å²) in [5.41, 5.74) is 0.725. The van der Waals surface area contributed by atoms with Crippen LogP contribution in [0.25, 0.3) is 0 Å². The molecule has 0 amide bonds. The van der Waals surface area contributed by atoms with E-state index >= 15 is 0 Å². The van der Waals surface area contributed by atoms with Gasteiger partial charge in [-0.2, -0.15) is 4.98 Å². The van der Waals surface area contributed by atoms with Gasteiger partial charge in [0.15, 0.2) is 5.15 Å². The summed E-state index contributed by atoms with van der Waals surface area (Å²) in [5, 5.41) is 12.0. The monoisotopic (exact) mass is 316 g/mol. The summed E-state index contributed by atoms with van der Waals surface area (Å²) in [4.78, 5) is 3.94. The molecule has 2 rings (SSSR count). The van der Waals surface area contributed by atoms with Gasteiger partial charge in [-0.05, 0) is 35.9 Å². The lowest BCUT2D eigenvalue weighted by molar-refractivity contribution is 0.322. The van der Waals surface area contributed by atoms with E-state index in [1.165, 1.54) is 12.3 Å². The van der Waals surface area contributed by atoms with Crippen LogP contribution in [0.4, 0.5) is 0 Å². The van der Waals surface area contributed by atoms with E-state index in [1.807, 2.05) is 0 Å². The van der Waals surface area contributed by atoms with E-state index < -0.39 is 0 Å². The van der Waals surface area contributed by atoms with Crippen molar-refractivity contribution in [1.82, 2.24) is 4.98 Å². The van der Waals surface area contributed by atoms with E-state index in [9.17, 15) is 0 Å². The summed E-state index contributed by atoms with van der Waals surface area (Å²) < 4.78 is 5.48. The molecule has 7 heteroatoms. The minimum absolute atomic E-state index is 0.116. The summed E-state index contributed by atoms with van der Waals surface area (Å²) in [5.74, 6) is 0.683. The summed E-state index contributed by atoms with van der Waals surface area (Å²) >= 11 is 17.5. The minimum Gasteiger partial charge on any atom is -0.437 e. The number of pyridine rings is 1. The SMILES string of the molecule is O/N=C/c1ccc(Oc2nc(Cl)c(Cl)cc2Cl)cc1. The summed E-state index contributed by atoms with van der Waals surface area (Å²) in [7, 11) is 0. The fraction of sp³-hybridized carbons (Fsp3) is 0. The highest BCUT2D eigenvalue weighted by Crippen LogP contribution is 2.33. The molecule has 0 fully saturated rings. The molecular formula is C12H7Cl3N2O2. The molecule has 98 valence electrons. The number of hydrogen-bond donors (Lipinski definition) is 1. The molecule has 0 aliphatic rings. The molecule has 1 heterocycles. The Morgan fingerprint density at radius 3 is 2.42 bits per heavy atom. The summed E-state index contributed by atoms with van der Waals surface area (Å²) in [6.07, 6.45) is 1.30. The lowest BCUT2D eigenvalue weighted by Gasteiger charge is -2.07. The number of aromatic nitrogens is 1. The molecule has 0 atom stereocenters. The second-order valence-corrected chi connectivity index (χ2v) is 4.64. The molecule has 0 aliphatic heterocycles. The Morgan fingerprint density at radius 2 is 1.79 bits per heavy atom. The Kier molecular flexibility index (Phi) is 4.47. The van der Waals surface area contributed by atoms with Gasteiger partial charge in [0.25, 0.3) is 0 Å². The lowest BCUT2D eigenvalue weighted by Crippen LogP contribution is -1.91. The summed E-state index contributed by atoms with van der Waals surface area (Å²) in [6, 6.07) is 8.23. The van der Waals surface area contributed by atoms with Gasteiger partial charge >= 0.3 is 0 Å². The Morgan fingerprint density at radius 1 is 1.11 bits per heavy atom. The Hall–Kier alpha value is -1.49. The molecule has 1 aromatic carbocycles. The van der Waals surface area contributed by atoms with Crippen molar-refractivity contribution in [3.8, 4) is 11.6 Å². The molecule has 0 bridgehead atoms. The van der Waals surface area contributed by atoms with E-state index in [-0.39, 0.29) is 21.1 Å². The van der Waals surface area contributed by atoms with Crippen molar-refractivity contribution in [2.45, 2.75) is 0 Å². The third kappa shape index (κ3) is 3.50. The molecule has 0 aliphatic carbocycles. The van der Waals surface area contributed by atoms with Gasteiger partial charge in [0, 0.05) is 0 Å². The van der Waals surface area contributed by atoms with Gasteiger partial charge in [0.05, 0.1) is 11.2 Å². The van der Waals surface area contributed by atoms with Crippen molar-refractivity contribution < 1.29 is 9.94 Å². The molecule has 19 heavy (non-hydrogen) atoms. The van der Waals surface area contributed by atoms with Crippen LogP contribution in [0.5, 0.6) is 11.6 Å². The van der Waals surface area contributed by atoms with E-state index in [1.54, 1.807) is 24.3 Å². The molecule has 0 radical (unpaired) electrons. The molecule has 0 spiro atoms. The van der Waals surface area contributed by atoms with Crippen LogP contribution in [0.1, 0.15) is 5.56 Å². The number of rotatable bonds is 3. The second kappa shape index (κ2) is 6.10. The van der Waals surface area contributed by atoms with Crippen molar-refractivity contribution in [1.29, 1.82) is 0 Å². The quantitative estimate of drug-likeness (QED) is 0.388. The van der Waals surface area contributed by atoms with E-state index in [0.29, 0.717) is 5.75 Å². The minimum atomic E-state index is 0.116. The molecular weight excluding hydrogens is 311 g/mol. The Bertz CT molecular complexity index is 615. The number of nitrogens with zero attached hydrogens (tertiary/aromatic N) is 2. The van der Waals surface area contributed by atoms with Crippen molar-refractivity contribution in [3.63, 3.8) is 0 Å². The standard InChI is InChI=1S/C12H7Cl3N2O2/c13-9-5-10(14)12(17-11(9)15)19-8-3-1-7(2-4-8)6-16-18/h1-6,18H/b16-6+. The first-order valence-corrected chi connectivity index (χ1v) is 6.20. The zero-order chi connectivity index (χ0) is 13.8. The zero-order valence-electron chi connectivity index (χ0n) is 9.35. The topological polar surface area (TPSA) is 54.7 Å². The number of hydrogen-bond acceptors (Lipinski definition) is 4. The van der Waals surface area contributed by atoms with Gasteiger partial charge in [-0.25, -0.2) is 0 Å². The fourth-order valence-corrected chi connectivity index (χ4v) is 1.83. The fourth-order valence-electron chi connectivity index (χ4n) is 1.30. The van der Waals surface area contributed by atoms with Crippen LogP contribution in [0.15, 0.2) is 35.5 Å². The first-order chi connectivity index (χ1) is 9.10. The zero-order valence-corrected chi connectivity index (χ0v) is 11.6. The highest BCUT2D eigenvalue weighted by molar-refractivity contribution is 6.42. The van der Waals surface area contributed by atoms with Crippen molar-refractivity contribution in [2.75, 3.05) is 0 Å². The number of benzene rings is 1. The van der Waals surface area contributed by atoms with Crippen molar-refractivity contribution in [2.24, 2.45) is 5.16 Å². The van der Waals surface area contributed by atoms with Crippen LogP contribution in [0, 0.1) is 0 Å². The van der Waals surface area contributed by atoms with Crippen LogP contribution in [-0.2, 0) is 0 Å². The molecule has 4 nitrogen and oxygen atoms in total. The smallest absolute Gasteiger partial charge is 0.239 e. The van der Waals surface area contributed by atoms with Gasteiger partial charge in [0.1, 0.15) is 10.8 Å². The summed E-state index contributed by atoms with van der Waals surface area (Å²) in [6.45, 7) is 0. The maximum Gasteiger partial charge on any atom is 0.239 e.